The van der Waals surface area contributed by atoms with Crippen LogP contribution in [-0.2, 0) is 17.0 Å². The molecule has 3 aromatic rings. The number of nitrogens with zero attached hydrogens (tertiary/aromatic N) is 5. The minimum absolute atomic E-state index is 0.373. The minimum atomic E-state index is -1.38. The Labute approximate surface area is 237 Å². The third-order valence-electron chi connectivity index (χ3n) is 8.98. The zero-order chi connectivity index (χ0) is 27.5. The maximum Gasteiger partial charge on any atom is 0.170 e. The average Bonchev–Trinajstić information content (AvgIpc) is 2.98. The molecule has 0 bridgehead atoms. The summed E-state index contributed by atoms with van der Waals surface area (Å²) in [6.07, 6.45) is 4.04. The van der Waals surface area contributed by atoms with Gasteiger partial charge in [0.1, 0.15) is 5.82 Å². The van der Waals surface area contributed by atoms with Gasteiger partial charge in [0.2, 0.25) is 0 Å². The highest BCUT2D eigenvalue weighted by Gasteiger charge is 2.42. The molecule has 7 nitrogen and oxygen atoms in total. The Morgan fingerprint density at radius 2 is 1.80 bits per heavy atom. The maximum absolute atomic E-state index is 15.6. The molecule has 0 atom stereocenters. The molecule has 40 heavy (non-hydrogen) atoms. The van der Waals surface area contributed by atoms with Crippen LogP contribution in [0.15, 0.2) is 42.5 Å². The first-order chi connectivity index (χ1) is 19.5. The van der Waals surface area contributed by atoms with E-state index < -0.39 is 5.67 Å². The molecular weight excluding hydrogens is 503 g/mol. The number of fused-ring (bicyclic) bond motifs is 1. The third-order valence-corrected chi connectivity index (χ3v) is 8.98. The summed E-state index contributed by atoms with van der Waals surface area (Å²) in [5.74, 6) is 1.78. The van der Waals surface area contributed by atoms with Crippen molar-refractivity contribution in [3.63, 3.8) is 0 Å². The fourth-order valence-corrected chi connectivity index (χ4v) is 6.36. The number of alkyl halides is 1. The van der Waals surface area contributed by atoms with Crippen LogP contribution >= 0.6 is 0 Å². The molecule has 3 heterocycles. The smallest absolute Gasteiger partial charge is 0.170 e. The Balaban J connectivity index is 1.21. The van der Waals surface area contributed by atoms with Crippen molar-refractivity contribution in [2.75, 3.05) is 76.4 Å². The second-order valence-corrected chi connectivity index (χ2v) is 11.9. The number of rotatable bonds is 9. The van der Waals surface area contributed by atoms with E-state index in [9.17, 15) is 0 Å². The molecule has 0 spiro atoms. The van der Waals surface area contributed by atoms with E-state index in [0.29, 0.717) is 24.6 Å². The number of morpholine rings is 1. The first-order valence-corrected chi connectivity index (χ1v) is 15.0. The third kappa shape index (κ3) is 5.80. The van der Waals surface area contributed by atoms with Crippen LogP contribution in [-0.4, -0.2) is 81.4 Å². The van der Waals surface area contributed by atoms with Gasteiger partial charge in [0.25, 0.3) is 0 Å². The lowest BCUT2D eigenvalue weighted by atomic mass is 9.81. The SMILES string of the molecule is CN(C)c1ccccc1C1CCN(c2nc(C3(F)CCC3)nc3ccc(CNCCN4CCOCC4)cc23)CC1. The number of benzene rings is 2. The number of nitrogens with one attached hydrogen (secondary N) is 1. The van der Waals surface area contributed by atoms with Gasteiger partial charge in [0, 0.05) is 71.0 Å². The summed E-state index contributed by atoms with van der Waals surface area (Å²) >= 11 is 0. The summed E-state index contributed by atoms with van der Waals surface area (Å²) in [7, 11) is 4.23. The van der Waals surface area contributed by atoms with Crippen molar-refractivity contribution in [2.24, 2.45) is 0 Å². The fraction of sp³-hybridized carbons (Fsp3) is 0.562. The molecule has 0 unspecified atom stereocenters. The van der Waals surface area contributed by atoms with Crippen molar-refractivity contribution >= 4 is 22.4 Å². The van der Waals surface area contributed by atoms with Crippen LogP contribution in [0.2, 0.25) is 0 Å². The van der Waals surface area contributed by atoms with Gasteiger partial charge >= 0.3 is 0 Å². The van der Waals surface area contributed by atoms with Crippen LogP contribution in [0.1, 0.15) is 55.0 Å². The number of piperidine rings is 1. The number of halogens is 1. The van der Waals surface area contributed by atoms with Gasteiger partial charge in [-0.15, -0.1) is 0 Å². The second-order valence-electron chi connectivity index (χ2n) is 11.9. The van der Waals surface area contributed by atoms with Gasteiger partial charge in [-0.25, -0.2) is 14.4 Å². The first kappa shape index (κ1) is 27.4. The quantitative estimate of drug-likeness (QED) is 0.385. The van der Waals surface area contributed by atoms with E-state index in [1.807, 2.05) is 0 Å². The molecule has 8 heteroatoms. The molecule has 3 aliphatic rings. The Hall–Kier alpha value is -2.81. The van der Waals surface area contributed by atoms with Crippen LogP contribution in [0.3, 0.4) is 0 Å². The topological polar surface area (TPSA) is 56.8 Å². The molecule has 0 amide bonds. The van der Waals surface area contributed by atoms with Gasteiger partial charge in [-0.05, 0) is 67.3 Å². The van der Waals surface area contributed by atoms with Crippen LogP contribution < -0.4 is 15.1 Å². The van der Waals surface area contributed by atoms with E-state index >= 15 is 4.39 Å². The largest absolute Gasteiger partial charge is 0.379 e. The predicted octanol–water partition coefficient (Wildman–Crippen LogP) is 4.85. The number of para-hydroxylation sites is 1. The molecule has 214 valence electrons. The molecule has 1 aromatic heterocycles. The summed E-state index contributed by atoms with van der Waals surface area (Å²) in [4.78, 5) is 16.7. The van der Waals surface area contributed by atoms with Gasteiger partial charge in [0.05, 0.1) is 18.7 Å². The molecular formula is C32H43FN6O. The van der Waals surface area contributed by atoms with Crippen molar-refractivity contribution in [3.05, 3.63) is 59.4 Å². The number of hydrogen-bond acceptors (Lipinski definition) is 7. The highest BCUT2D eigenvalue weighted by molar-refractivity contribution is 5.90. The molecule has 1 aliphatic carbocycles. The zero-order valence-electron chi connectivity index (χ0n) is 24.0. The number of ether oxygens (including phenoxy) is 1. The Kier molecular flexibility index (Phi) is 8.19. The van der Waals surface area contributed by atoms with Crippen molar-refractivity contribution in [1.82, 2.24) is 20.2 Å². The lowest BCUT2D eigenvalue weighted by Gasteiger charge is -2.36. The number of aromatic nitrogens is 2. The van der Waals surface area contributed by atoms with Crippen LogP contribution in [0.4, 0.5) is 15.9 Å². The molecule has 6 rings (SSSR count). The van der Waals surface area contributed by atoms with Gasteiger partial charge in [-0.2, -0.15) is 0 Å². The molecule has 2 aromatic carbocycles. The van der Waals surface area contributed by atoms with E-state index in [0.717, 1.165) is 95.0 Å². The summed E-state index contributed by atoms with van der Waals surface area (Å²) in [5, 5.41) is 4.64. The van der Waals surface area contributed by atoms with Gasteiger partial charge in [-0.3, -0.25) is 4.90 Å². The maximum atomic E-state index is 15.6. The van der Waals surface area contributed by atoms with Gasteiger partial charge < -0.3 is 19.9 Å². The first-order valence-electron chi connectivity index (χ1n) is 15.0. The average molecular weight is 547 g/mol. The van der Waals surface area contributed by atoms with Crippen molar-refractivity contribution in [2.45, 2.75) is 50.2 Å². The van der Waals surface area contributed by atoms with E-state index in [2.05, 4.69) is 76.6 Å². The minimum Gasteiger partial charge on any atom is -0.379 e. The Morgan fingerprint density at radius 1 is 1.02 bits per heavy atom. The molecule has 0 radical (unpaired) electrons. The number of hydrogen-bond donors (Lipinski definition) is 1. The Morgan fingerprint density at radius 3 is 2.52 bits per heavy atom. The van der Waals surface area contributed by atoms with Crippen molar-refractivity contribution < 1.29 is 9.13 Å². The molecule has 1 N–H and O–H groups in total. The molecule has 3 fully saturated rings. The van der Waals surface area contributed by atoms with Gasteiger partial charge in [-0.1, -0.05) is 24.3 Å². The summed E-state index contributed by atoms with van der Waals surface area (Å²) in [6, 6.07) is 15.2. The second kappa shape index (κ2) is 12.0. The van der Waals surface area contributed by atoms with E-state index in [4.69, 9.17) is 14.7 Å². The molecule has 2 saturated heterocycles. The van der Waals surface area contributed by atoms with Crippen molar-refractivity contribution in [1.29, 1.82) is 0 Å². The highest BCUT2D eigenvalue weighted by atomic mass is 19.1. The van der Waals surface area contributed by atoms with Gasteiger partial charge in [0.15, 0.2) is 11.5 Å². The van der Waals surface area contributed by atoms with Crippen LogP contribution in [0, 0.1) is 0 Å². The Bertz CT molecular complexity index is 1300. The molecule has 1 saturated carbocycles. The lowest BCUT2D eigenvalue weighted by molar-refractivity contribution is 0.0384. The standard InChI is InChI=1S/C32H43FN6O/c1-37(2)29-7-4-3-6-26(29)25-10-15-39(16-11-25)30-27-22-24(23-34-14-17-38-18-20-40-21-19-38)8-9-28(27)35-31(36-30)32(33)12-5-13-32/h3-4,6-9,22,25,34H,5,10-21,23H2,1-2H3. The summed E-state index contributed by atoms with van der Waals surface area (Å²) in [6.45, 7) is 8.23. The zero-order valence-corrected chi connectivity index (χ0v) is 24.0. The van der Waals surface area contributed by atoms with E-state index in [1.165, 1.54) is 16.8 Å². The predicted molar refractivity (Wildman–Crippen MR) is 160 cm³/mol. The van der Waals surface area contributed by atoms with Crippen LogP contribution in [0.25, 0.3) is 10.9 Å². The highest BCUT2D eigenvalue weighted by Crippen LogP contribution is 2.45. The monoisotopic (exact) mass is 546 g/mol. The fourth-order valence-electron chi connectivity index (χ4n) is 6.36. The molecule has 2 aliphatic heterocycles. The lowest BCUT2D eigenvalue weighted by Crippen LogP contribution is -2.40. The van der Waals surface area contributed by atoms with E-state index in [1.54, 1.807) is 0 Å². The van der Waals surface area contributed by atoms with Crippen LogP contribution in [0.5, 0.6) is 0 Å². The van der Waals surface area contributed by atoms with Crippen molar-refractivity contribution in [3.8, 4) is 0 Å². The summed E-state index contributed by atoms with van der Waals surface area (Å²) in [5.41, 5.74) is 3.39. The normalized spacial score (nSPS) is 20.0. The summed E-state index contributed by atoms with van der Waals surface area (Å²) < 4.78 is 21.0. The van der Waals surface area contributed by atoms with E-state index in [-0.39, 0.29) is 0 Å². The number of anilines is 2.